The van der Waals surface area contributed by atoms with Crippen molar-refractivity contribution in [1.29, 1.82) is 0 Å². The van der Waals surface area contributed by atoms with Gasteiger partial charge in [-0.2, -0.15) is 5.06 Å². The number of hydrogen-bond donors (Lipinski definition) is 2. The quantitative estimate of drug-likeness (QED) is 0.767. The third-order valence-corrected chi connectivity index (χ3v) is 3.24. The number of urea groups is 1. The van der Waals surface area contributed by atoms with E-state index in [2.05, 4.69) is 16.9 Å². The molecule has 0 aliphatic carbocycles. The summed E-state index contributed by atoms with van der Waals surface area (Å²) in [6.45, 7) is 2.81. The van der Waals surface area contributed by atoms with Crippen LogP contribution >= 0.6 is 0 Å². The Morgan fingerprint density at radius 2 is 2.19 bits per heavy atom. The lowest BCUT2D eigenvalue weighted by Gasteiger charge is -2.20. The van der Waals surface area contributed by atoms with Crippen molar-refractivity contribution in [2.75, 3.05) is 6.61 Å². The van der Waals surface area contributed by atoms with E-state index < -0.39 is 6.03 Å². The van der Waals surface area contributed by atoms with Crippen LogP contribution in [-0.4, -0.2) is 27.7 Å². The molecule has 0 saturated heterocycles. The molecule has 2 rings (SSSR count). The first-order valence-corrected chi connectivity index (χ1v) is 6.89. The molecule has 1 heterocycles. The fraction of sp³-hybridized carbons (Fsp3) is 0.333. The third kappa shape index (κ3) is 4.61. The zero-order chi connectivity index (χ0) is 15.1. The monoisotopic (exact) mass is 288 g/mol. The Morgan fingerprint density at radius 1 is 1.43 bits per heavy atom. The van der Waals surface area contributed by atoms with E-state index in [0.29, 0.717) is 13.2 Å². The highest BCUT2D eigenvalue weighted by Crippen LogP contribution is 2.16. The second-order valence-electron chi connectivity index (χ2n) is 4.88. The topological polar surface area (TPSA) is 84.2 Å². The van der Waals surface area contributed by atoms with Gasteiger partial charge in [0.25, 0.3) is 0 Å². The normalized spacial score (nSPS) is 12.0. The number of aromatic amines is 1. The fourth-order valence-electron chi connectivity index (χ4n) is 1.97. The predicted molar refractivity (Wildman–Crippen MR) is 79.1 cm³/mol. The fourth-order valence-corrected chi connectivity index (χ4v) is 1.97. The zero-order valence-electron chi connectivity index (χ0n) is 12.0. The van der Waals surface area contributed by atoms with Gasteiger partial charge in [-0.3, -0.25) is 4.84 Å². The molecule has 2 aromatic rings. The van der Waals surface area contributed by atoms with Crippen LogP contribution in [0.5, 0.6) is 0 Å². The molecule has 0 bridgehead atoms. The molecule has 6 heteroatoms. The molecule has 0 fully saturated rings. The number of benzene rings is 1. The summed E-state index contributed by atoms with van der Waals surface area (Å²) in [7, 11) is 0. The van der Waals surface area contributed by atoms with Crippen LogP contribution in [0.4, 0.5) is 4.79 Å². The number of hydroxylamine groups is 2. The zero-order valence-corrected chi connectivity index (χ0v) is 12.0. The molecule has 0 spiro atoms. The van der Waals surface area contributed by atoms with Gasteiger partial charge in [-0.1, -0.05) is 37.3 Å². The molecule has 112 valence electrons. The van der Waals surface area contributed by atoms with Crippen LogP contribution in [0.25, 0.3) is 0 Å². The number of hydrogen-bond acceptors (Lipinski definition) is 3. The molecule has 1 atom stereocenters. The lowest BCUT2D eigenvalue weighted by atomic mass is 10.1. The van der Waals surface area contributed by atoms with Crippen LogP contribution in [0.1, 0.15) is 30.5 Å². The number of primary amides is 1. The maximum absolute atomic E-state index is 11.4. The molecule has 1 aromatic heterocycles. The predicted octanol–water partition coefficient (Wildman–Crippen LogP) is 2.42. The van der Waals surface area contributed by atoms with E-state index in [4.69, 9.17) is 10.6 Å². The van der Waals surface area contributed by atoms with Gasteiger partial charge in [0.15, 0.2) is 0 Å². The molecule has 0 saturated carbocycles. The lowest BCUT2D eigenvalue weighted by Crippen LogP contribution is -2.35. The number of rotatable bonds is 7. The van der Waals surface area contributed by atoms with Crippen molar-refractivity contribution in [3.8, 4) is 0 Å². The van der Waals surface area contributed by atoms with Gasteiger partial charge in [-0.05, 0) is 12.0 Å². The van der Waals surface area contributed by atoms with Crippen LogP contribution in [0.15, 0.2) is 42.9 Å². The van der Waals surface area contributed by atoms with Crippen molar-refractivity contribution in [2.45, 2.75) is 25.8 Å². The van der Waals surface area contributed by atoms with E-state index in [1.54, 1.807) is 6.33 Å². The molecule has 21 heavy (non-hydrogen) atoms. The van der Waals surface area contributed by atoms with E-state index in [9.17, 15) is 4.79 Å². The molecular formula is C15H20N4O2. The minimum absolute atomic E-state index is 0.253. The van der Waals surface area contributed by atoms with Gasteiger partial charge in [0.05, 0.1) is 25.2 Å². The van der Waals surface area contributed by atoms with Gasteiger partial charge in [0.1, 0.15) is 0 Å². The first-order chi connectivity index (χ1) is 10.2. The number of carbonyl (C=O) groups is 1. The molecule has 2 amide bonds. The standard InChI is InChI=1S/C15H20N4O2/c1-12(14-9-17-11-18-14)7-8-21-19(15(16)20)10-13-5-3-2-4-6-13/h2-6,9,11-12H,7-8,10H2,1H3,(H2,16,20)(H,17,18). The number of carbonyl (C=O) groups excluding carboxylic acids is 1. The van der Waals surface area contributed by atoms with Crippen molar-refractivity contribution in [3.63, 3.8) is 0 Å². The van der Waals surface area contributed by atoms with E-state index in [1.807, 2.05) is 36.5 Å². The first-order valence-electron chi connectivity index (χ1n) is 6.89. The van der Waals surface area contributed by atoms with Crippen molar-refractivity contribution in [1.82, 2.24) is 15.0 Å². The number of aromatic nitrogens is 2. The van der Waals surface area contributed by atoms with E-state index in [-0.39, 0.29) is 5.92 Å². The van der Waals surface area contributed by atoms with Gasteiger partial charge in [0.2, 0.25) is 0 Å². The van der Waals surface area contributed by atoms with Crippen LogP contribution in [0.3, 0.4) is 0 Å². The van der Waals surface area contributed by atoms with E-state index >= 15 is 0 Å². The Hall–Kier alpha value is -2.34. The van der Waals surface area contributed by atoms with Gasteiger partial charge in [0, 0.05) is 12.1 Å². The van der Waals surface area contributed by atoms with Crippen LogP contribution in [0.2, 0.25) is 0 Å². The third-order valence-electron chi connectivity index (χ3n) is 3.24. The van der Waals surface area contributed by atoms with Gasteiger partial charge in [-0.15, -0.1) is 0 Å². The first kappa shape index (κ1) is 15.1. The smallest absolute Gasteiger partial charge is 0.339 e. The molecule has 3 N–H and O–H groups in total. The van der Waals surface area contributed by atoms with Crippen LogP contribution in [0, 0.1) is 0 Å². The maximum atomic E-state index is 11.4. The van der Waals surface area contributed by atoms with E-state index in [0.717, 1.165) is 17.7 Å². The number of nitrogens with two attached hydrogens (primary N) is 1. The highest BCUT2D eigenvalue weighted by atomic mass is 16.7. The summed E-state index contributed by atoms with van der Waals surface area (Å²) >= 11 is 0. The van der Waals surface area contributed by atoms with Crippen LogP contribution in [-0.2, 0) is 11.4 Å². The number of nitrogens with zero attached hydrogens (tertiary/aromatic N) is 2. The average Bonchev–Trinajstić information content (AvgIpc) is 3.01. The lowest BCUT2D eigenvalue weighted by molar-refractivity contribution is -0.123. The summed E-state index contributed by atoms with van der Waals surface area (Å²) < 4.78 is 0. The van der Waals surface area contributed by atoms with E-state index in [1.165, 1.54) is 5.06 Å². The molecule has 0 aliphatic rings. The summed E-state index contributed by atoms with van der Waals surface area (Å²) in [5, 5.41) is 1.19. The van der Waals surface area contributed by atoms with Crippen molar-refractivity contribution < 1.29 is 9.63 Å². The molecule has 0 aliphatic heterocycles. The number of amides is 2. The molecular weight excluding hydrogens is 268 g/mol. The number of imidazole rings is 1. The Bertz CT molecular complexity index is 542. The molecule has 6 nitrogen and oxygen atoms in total. The van der Waals surface area contributed by atoms with Gasteiger partial charge >= 0.3 is 6.03 Å². The average molecular weight is 288 g/mol. The Balaban J connectivity index is 1.82. The molecule has 1 unspecified atom stereocenters. The Kier molecular flexibility index (Phi) is 5.34. The van der Waals surface area contributed by atoms with Crippen molar-refractivity contribution in [3.05, 3.63) is 54.1 Å². The second kappa shape index (κ2) is 7.44. The SMILES string of the molecule is CC(CCON(Cc1ccccc1)C(N)=O)c1c[nH]cn1. The minimum atomic E-state index is -0.591. The summed E-state index contributed by atoms with van der Waals surface area (Å²) in [5.41, 5.74) is 7.29. The van der Waals surface area contributed by atoms with Crippen molar-refractivity contribution in [2.24, 2.45) is 5.73 Å². The van der Waals surface area contributed by atoms with Crippen LogP contribution < -0.4 is 5.73 Å². The summed E-state index contributed by atoms with van der Waals surface area (Å²) in [4.78, 5) is 24.0. The second-order valence-corrected chi connectivity index (χ2v) is 4.88. The van der Waals surface area contributed by atoms with Crippen molar-refractivity contribution >= 4 is 6.03 Å². The molecule has 1 aromatic carbocycles. The maximum Gasteiger partial charge on any atom is 0.339 e. The summed E-state index contributed by atoms with van der Waals surface area (Å²) in [6, 6.07) is 9.00. The minimum Gasteiger partial charge on any atom is -0.351 e. The number of H-pyrrole nitrogens is 1. The summed E-state index contributed by atoms with van der Waals surface area (Å²) in [5.74, 6) is 0.253. The summed E-state index contributed by atoms with van der Waals surface area (Å²) in [6.07, 6.45) is 4.27. The Labute approximate surface area is 123 Å². The largest absolute Gasteiger partial charge is 0.351 e. The highest BCUT2D eigenvalue weighted by Gasteiger charge is 2.13. The van der Waals surface area contributed by atoms with Gasteiger partial charge in [-0.25, -0.2) is 9.78 Å². The van der Waals surface area contributed by atoms with Gasteiger partial charge < -0.3 is 10.7 Å². The highest BCUT2D eigenvalue weighted by molar-refractivity contribution is 5.70. The number of nitrogens with one attached hydrogen (secondary N) is 1. The molecule has 0 radical (unpaired) electrons. The Morgan fingerprint density at radius 3 is 2.81 bits per heavy atom.